The number of primary amides is 1. The van der Waals surface area contributed by atoms with Gasteiger partial charge in [0.15, 0.2) is 0 Å². The summed E-state index contributed by atoms with van der Waals surface area (Å²) in [5.41, 5.74) is 8.95. The molecule has 0 aromatic heterocycles. The van der Waals surface area contributed by atoms with E-state index in [9.17, 15) is 9.59 Å². The van der Waals surface area contributed by atoms with Gasteiger partial charge in [0.05, 0.1) is 26.2 Å². The van der Waals surface area contributed by atoms with Crippen LogP contribution in [0.1, 0.15) is 41.3 Å². The van der Waals surface area contributed by atoms with Crippen molar-refractivity contribution in [2.24, 2.45) is 5.73 Å². The molecule has 0 unspecified atom stereocenters. The number of nitrogens with zero attached hydrogens (tertiary/aromatic N) is 1. The standard InChI is InChI=1S/C22H28N4O2/c1-16(2)18-8-6-17(7-9-18)15-25-10-12-26(13-11-25)21(27)19-4-3-5-20(14-19)24-22(23)28/h3-9,14,16H,10-13,15H2,1-2H3,(H3,23,24,28)/p+1. The van der Waals surface area contributed by atoms with Crippen LogP contribution in [0.5, 0.6) is 0 Å². The summed E-state index contributed by atoms with van der Waals surface area (Å²) in [6.45, 7) is 8.70. The molecule has 0 bridgehead atoms. The van der Waals surface area contributed by atoms with Crippen LogP contribution in [-0.4, -0.2) is 43.0 Å². The van der Waals surface area contributed by atoms with Gasteiger partial charge in [0.25, 0.3) is 5.91 Å². The number of nitrogens with one attached hydrogen (secondary N) is 2. The molecule has 1 fully saturated rings. The number of anilines is 1. The molecule has 1 aliphatic heterocycles. The molecule has 3 rings (SSSR count). The number of hydrogen-bond donors (Lipinski definition) is 3. The maximum atomic E-state index is 12.8. The van der Waals surface area contributed by atoms with Gasteiger partial charge in [-0.25, -0.2) is 4.79 Å². The van der Waals surface area contributed by atoms with Crippen molar-refractivity contribution in [3.8, 4) is 0 Å². The van der Waals surface area contributed by atoms with Crippen LogP contribution in [0.25, 0.3) is 0 Å². The third-order valence-corrected chi connectivity index (χ3v) is 5.24. The molecule has 3 amide bonds. The number of urea groups is 1. The fourth-order valence-corrected chi connectivity index (χ4v) is 3.57. The van der Waals surface area contributed by atoms with Crippen molar-refractivity contribution in [3.05, 3.63) is 65.2 Å². The van der Waals surface area contributed by atoms with Gasteiger partial charge in [0, 0.05) is 16.8 Å². The van der Waals surface area contributed by atoms with Crippen LogP contribution in [0.4, 0.5) is 10.5 Å². The molecule has 0 aliphatic carbocycles. The Bertz CT molecular complexity index is 825. The summed E-state index contributed by atoms with van der Waals surface area (Å²) in [6, 6.07) is 15.1. The lowest BCUT2D eigenvalue weighted by atomic mass is 10.0. The first-order chi connectivity index (χ1) is 13.4. The molecule has 28 heavy (non-hydrogen) atoms. The van der Waals surface area contributed by atoms with Crippen molar-refractivity contribution in [2.75, 3.05) is 31.5 Å². The summed E-state index contributed by atoms with van der Waals surface area (Å²) in [4.78, 5) is 27.2. The molecule has 2 aromatic rings. The van der Waals surface area contributed by atoms with Crippen LogP contribution < -0.4 is 16.0 Å². The number of rotatable bonds is 5. The minimum Gasteiger partial charge on any atom is -0.351 e. The Labute approximate surface area is 166 Å². The second kappa shape index (κ2) is 8.89. The average molecular weight is 382 g/mol. The molecule has 4 N–H and O–H groups in total. The van der Waals surface area contributed by atoms with Gasteiger partial charge in [-0.15, -0.1) is 0 Å². The molecule has 6 nitrogen and oxygen atoms in total. The fraction of sp³-hybridized carbons (Fsp3) is 0.364. The van der Waals surface area contributed by atoms with E-state index in [1.807, 2.05) is 4.90 Å². The molecule has 148 valence electrons. The number of quaternary nitrogens is 1. The molecule has 1 heterocycles. The first-order valence-electron chi connectivity index (χ1n) is 9.80. The van der Waals surface area contributed by atoms with Crippen LogP contribution in [0.15, 0.2) is 48.5 Å². The van der Waals surface area contributed by atoms with Crippen LogP contribution in [0.3, 0.4) is 0 Å². The third-order valence-electron chi connectivity index (χ3n) is 5.24. The molecule has 0 radical (unpaired) electrons. The van der Waals surface area contributed by atoms with Crippen LogP contribution in [0, 0.1) is 0 Å². The number of nitrogens with two attached hydrogens (primary N) is 1. The highest BCUT2D eigenvalue weighted by Crippen LogP contribution is 2.15. The van der Waals surface area contributed by atoms with Crippen molar-refractivity contribution in [1.82, 2.24) is 4.90 Å². The predicted octanol–water partition coefficient (Wildman–Crippen LogP) is 1.84. The SMILES string of the molecule is CC(C)c1ccc(C[NH+]2CCN(C(=O)c3cccc(NC(N)=O)c3)CC2)cc1. The van der Waals surface area contributed by atoms with Crippen LogP contribution in [0.2, 0.25) is 0 Å². The van der Waals surface area contributed by atoms with E-state index < -0.39 is 6.03 Å². The van der Waals surface area contributed by atoms with E-state index >= 15 is 0 Å². The zero-order valence-electron chi connectivity index (χ0n) is 16.6. The van der Waals surface area contributed by atoms with Gasteiger partial charge in [-0.2, -0.15) is 0 Å². The Kier molecular flexibility index (Phi) is 6.31. The molecule has 0 atom stereocenters. The van der Waals surface area contributed by atoms with Crippen molar-refractivity contribution < 1.29 is 14.5 Å². The second-order valence-electron chi connectivity index (χ2n) is 7.69. The molecule has 0 spiro atoms. The Morgan fingerprint density at radius 1 is 1.11 bits per heavy atom. The quantitative estimate of drug-likeness (QED) is 0.739. The van der Waals surface area contributed by atoms with Gasteiger partial charge >= 0.3 is 6.03 Å². The zero-order chi connectivity index (χ0) is 20.1. The number of amides is 3. The molecule has 0 saturated carbocycles. The maximum absolute atomic E-state index is 12.8. The summed E-state index contributed by atoms with van der Waals surface area (Å²) in [7, 11) is 0. The first kappa shape index (κ1) is 19.9. The summed E-state index contributed by atoms with van der Waals surface area (Å²) in [5, 5.41) is 2.51. The number of piperazine rings is 1. The Morgan fingerprint density at radius 2 is 1.79 bits per heavy atom. The lowest BCUT2D eigenvalue weighted by Crippen LogP contribution is -3.13. The van der Waals surface area contributed by atoms with E-state index in [0.717, 1.165) is 32.7 Å². The lowest BCUT2D eigenvalue weighted by molar-refractivity contribution is -0.917. The van der Waals surface area contributed by atoms with Crippen molar-refractivity contribution in [3.63, 3.8) is 0 Å². The molecule has 1 aliphatic rings. The smallest absolute Gasteiger partial charge is 0.316 e. The molecule has 1 saturated heterocycles. The van der Waals surface area contributed by atoms with Gasteiger partial charge in [-0.3, -0.25) is 4.79 Å². The molecule has 6 heteroatoms. The monoisotopic (exact) mass is 381 g/mol. The average Bonchev–Trinajstić information content (AvgIpc) is 2.68. The summed E-state index contributed by atoms with van der Waals surface area (Å²) in [5.74, 6) is 0.543. The van der Waals surface area contributed by atoms with Gasteiger partial charge < -0.3 is 20.9 Å². The number of carbonyl (C=O) groups excluding carboxylic acids is 2. The molecular formula is C22H29N4O2+. The van der Waals surface area contributed by atoms with E-state index in [-0.39, 0.29) is 5.91 Å². The van der Waals surface area contributed by atoms with Crippen molar-refractivity contribution >= 4 is 17.6 Å². The fourth-order valence-electron chi connectivity index (χ4n) is 3.57. The van der Waals surface area contributed by atoms with Gasteiger partial charge in [-0.05, 0) is 29.7 Å². The van der Waals surface area contributed by atoms with Crippen molar-refractivity contribution in [2.45, 2.75) is 26.3 Å². The van der Waals surface area contributed by atoms with Gasteiger partial charge in [0.2, 0.25) is 0 Å². The minimum atomic E-state index is -0.636. The lowest BCUT2D eigenvalue weighted by Gasteiger charge is -2.32. The van der Waals surface area contributed by atoms with Crippen molar-refractivity contribution in [1.29, 1.82) is 0 Å². The molecule has 2 aromatic carbocycles. The normalized spacial score (nSPS) is 14.9. The number of hydrogen-bond acceptors (Lipinski definition) is 2. The van der Waals surface area contributed by atoms with Crippen LogP contribution in [-0.2, 0) is 6.54 Å². The Balaban J connectivity index is 1.54. The minimum absolute atomic E-state index is 0.00606. The predicted molar refractivity (Wildman–Crippen MR) is 110 cm³/mol. The number of benzene rings is 2. The van der Waals surface area contributed by atoms with E-state index in [4.69, 9.17) is 5.73 Å². The van der Waals surface area contributed by atoms with Gasteiger partial charge in [0.1, 0.15) is 6.54 Å². The zero-order valence-corrected chi connectivity index (χ0v) is 16.6. The maximum Gasteiger partial charge on any atom is 0.316 e. The summed E-state index contributed by atoms with van der Waals surface area (Å²) < 4.78 is 0. The summed E-state index contributed by atoms with van der Waals surface area (Å²) in [6.07, 6.45) is 0. The Hall–Kier alpha value is -2.86. The Morgan fingerprint density at radius 3 is 2.39 bits per heavy atom. The first-order valence-corrected chi connectivity index (χ1v) is 9.80. The molecular weight excluding hydrogens is 352 g/mol. The van der Waals surface area contributed by atoms with E-state index in [0.29, 0.717) is 17.2 Å². The van der Waals surface area contributed by atoms with Gasteiger partial charge in [-0.1, -0.05) is 44.2 Å². The van der Waals surface area contributed by atoms with E-state index in [1.54, 1.807) is 24.3 Å². The largest absolute Gasteiger partial charge is 0.351 e. The number of carbonyl (C=O) groups is 2. The van der Waals surface area contributed by atoms with E-state index in [2.05, 4.69) is 43.4 Å². The second-order valence-corrected chi connectivity index (χ2v) is 7.69. The van der Waals surface area contributed by atoms with E-state index in [1.165, 1.54) is 16.0 Å². The topological polar surface area (TPSA) is 79.9 Å². The third kappa shape index (κ3) is 5.10. The van der Waals surface area contributed by atoms with Crippen LogP contribution >= 0.6 is 0 Å². The highest BCUT2D eigenvalue weighted by molar-refractivity contribution is 5.96. The highest BCUT2D eigenvalue weighted by Gasteiger charge is 2.24. The highest BCUT2D eigenvalue weighted by atomic mass is 16.2. The summed E-state index contributed by atoms with van der Waals surface area (Å²) >= 11 is 0.